The number of ketones is 1. The Balaban J connectivity index is 1.60. The van der Waals surface area contributed by atoms with Crippen LogP contribution in [0.1, 0.15) is 20.8 Å². The maximum Gasteiger partial charge on any atom is 0.205 e. The van der Waals surface area contributed by atoms with Gasteiger partial charge in [-0.25, -0.2) is 4.98 Å². The van der Waals surface area contributed by atoms with Crippen molar-refractivity contribution >= 4 is 77.4 Å². The van der Waals surface area contributed by atoms with Gasteiger partial charge >= 0.3 is 0 Å². The number of rotatable bonds is 5. The lowest BCUT2D eigenvalue weighted by Crippen LogP contribution is -1.98. The van der Waals surface area contributed by atoms with Crippen molar-refractivity contribution in [1.29, 1.82) is 0 Å². The van der Waals surface area contributed by atoms with Crippen molar-refractivity contribution in [2.45, 2.75) is 9.96 Å². The second-order valence-corrected chi connectivity index (χ2v) is 10.8. The van der Waals surface area contributed by atoms with Crippen molar-refractivity contribution < 1.29 is 4.79 Å². The van der Waals surface area contributed by atoms with Crippen LogP contribution in [0, 0.1) is 0 Å². The summed E-state index contributed by atoms with van der Waals surface area (Å²) >= 11 is 10.2. The van der Waals surface area contributed by atoms with E-state index in [1.807, 2.05) is 48.7 Å². The summed E-state index contributed by atoms with van der Waals surface area (Å²) in [6.45, 7) is 0. The molecule has 0 atom stereocenters. The maximum atomic E-state index is 13.3. The van der Waals surface area contributed by atoms with E-state index < -0.39 is 0 Å². The van der Waals surface area contributed by atoms with E-state index in [-0.39, 0.29) is 5.78 Å². The van der Waals surface area contributed by atoms with E-state index in [1.54, 1.807) is 11.8 Å². The molecule has 7 heteroatoms. The van der Waals surface area contributed by atoms with E-state index in [0.717, 1.165) is 35.6 Å². The second-order valence-electron chi connectivity index (χ2n) is 6.71. The standard InChI is InChI=1S/C23H14Br2N2OS2/c24-16-8-4-14(5-9-16)13-29-23-20-19(26-18-3-1-2-12-27(18)20)22(30-23)21(28)15-6-10-17(25)11-7-15/h1-12H,13H2. The summed E-state index contributed by atoms with van der Waals surface area (Å²) in [5.74, 6) is 0.839. The molecule has 0 N–H and O–H groups in total. The smallest absolute Gasteiger partial charge is 0.205 e. The van der Waals surface area contributed by atoms with Gasteiger partial charge in [-0.1, -0.05) is 50.1 Å². The number of pyridine rings is 1. The Bertz CT molecular complexity index is 1370. The Morgan fingerprint density at radius 3 is 2.40 bits per heavy atom. The van der Waals surface area contributed by atoms with Gasteiger partial charge in [0.05, 0.1) is 9.73 Å². The Labute approximate surface area is 198 Å². The molecule has 0 unspecified atom stereocenters. The summed E-state index contributed by atoms with van der Waals surface area (Å²) in [7, 11) is 0. The molecule has 3 heterocycles. The third-order valence-electron chi connectivity index (χ3n) is 4.73. The molecule has 0 aliphatic carbocycles. The van der Waals surface area contributed by atoms with Crippen molar-refractivity contribution in [3.05, 3.63) is 97.9 Å². The van der Waals surface area contributed by atoms with Crippen molar-refractivity contribution in [2.24, 2.45) is 0 Å². The van der Waals surface area contributed by atoms with Crippen LogP contribution in [0.15, 0.2) is 86.1 Å². The monoisotopic (exact) mass is 556 g/mol. The number of imidazole rings is 1. The Morgan fingerprint density at radius 1 is 0.967 bits per heavy atom. The minimum Gasteiger partial charge on any atom is -0.298 e. The molecule has 0 bridgehead atoms. The molecule has 5 aromatic rings. The number of fused-ring (bicyclic) bond motifs is 3. The van der Waals surface area contributed by atoms with Gasteiger partial charge in [0.1, 0.15) is 16.0 Å². The lowest BCUT2D eigenvalue weighted by atomic mass is 10.1. The van der Waals surface area contributed by atoms with Crippen molar-refractivity contribution in [3.63, 3.8) is 0 Å². The van der Waals surface area contributed by atoms with Gasteiger partial charge < -0.3 is 0 Å². The van der Waals surface area contributed by atoms with Gasteiger partial charge in [-0.05, 0) is 54.1 Å². The number of benzene rings is 2. The summed E-state index contributed by atoms with van der Waals surface area (Å²) in [5.41, 5.74) is 4.54. The van der Waals surface area contributed by atoms with E-state index in [4.69, 9.17) is 4.98 Å². The first kappa shape index (κ1) is 20.0. The Morgan fingerprint density at radius 2 is 1.67 bits per heavy atom. The highest BCUT2D eigenvalue weighted by Gasteiger charge is 2.23. The topological polar surface area (TPSA) is 34.4 Å². The molecule has 0 radical (unpaired) electrons. The minimum absolute atomic E-state index is 0.0106. The van der Waals surface area contributed by atoms with Crippen LogP contribution >= 0.6 is 55.0 Å². The number of halogens is 2. The number of nitrogens with zero attached hydrogens (tertiary/aromatic N) is 2. The largest absolute Gasteiger partial charge is 0.298 e. The molecule has 0 saturated carbocycles. The van der Waals surface area contributed by atoms with Gasteiger partial charge in [-0.2, -0.15) is 0 Å². The third kappa shape index (κ3) is 3.75. The first-order valence-electron chi connectivity index (χ1n) is 9.17. The first-order valence-corrected chi connectivity index (χ1v) is 12.6. The fourth-order valence-electron chi connectivity index (χ4n) is 3.25. The highest BCUT2D eigenvalue weighted by Crippen LogP contribution is 2.41. The van der Waals surface area contributed by atoms with Gasteiger partial charge in [-0.15, -0.1) is 23.1 Å². The summed E-state index contributed by atoms with van der Waals surface area (Å²) in [6.07, 6.45) is 2.01. The molecular weight excluding hydrogens is 544 g/mol. The van der Waals surface area contributed by atoms with Crippen LogP contribution in [0.5, 0.6) is 0 Å². The molecule has 0 aliphatic rings. The van der Waals surface area contributed by atoms with E-state index in [0.29, 0.717) is 10.4 Å². The number of hydrogen-bond acceptors (Lipinski definition) is 4. The Hall–Kier alpha value is -1.93. The molecule has 0 aliphatic heterocycles. The van der Waals surface area contributed by atoms with Crippen LogP contribution in [0.3, 0.4) is 0 Å². The third-order valence-corrected chi connectivity index (χ3v) is 8.28. The first-order chi connectivity index (χ1) is 14.6. The van der Waals surface area contributed by atoms with E-state index in [9.17, 15) is 4.79 Å². The van der Waals surface area contributed by atoms with E-state index in [2.05, 4.69) is 60.5 Å². The van der Waals surface area contributed by atoms with Crippen LogP contribution in [0.25, 0.3) is 16.7 Å². The van der Waals surface area contributed by atoms with Gasteiger partial charge in [0, 0.05) is 26.5 Å². The fourth-order valence-corrected chi connectivity index (χ4v) is 6.19. The number of carbonyl (C=O) groups excluding carboxylic acids is 1. The van der Waals surface area contributed by atoms with Crippen LogP contribution in [-0.2, 0) is 5.75 Å². The number of thiophene rings is 1. The zero-order valence-electron chi connectivity index (χ0n) is 15.5. The predicted octanol–water partition coefficient (Wildman–Crippen LogP) is 7.60. The lowest BCUT2D eigenvalue weighted by molar-refractivity contribution is 0.104. The average Bonchev–Trinajstić information content (AvgIpc) is 3.31. The molecule has 0 fully saturated rings. The quantitative estimate of drug-likeness (QED) is 0.165. The second kappa shape index (κ2) is 8.30. The molecule has 148 valence electrons. The summed E-state index contributed by atoms with van der Waals surface area (Å²) < 4.78 is 5.20. The summed E-state index contributed by atoms with van der Waals surface area (Å²) in [5, 5.41) is 0. The van der Waals surface area contributed by atoms with Gasteiger partial charge in [0.15, 0.2) is 0 Å². The van der Waals surface area contributed by atoms with Crippen LogP contribution in [0.2, 0.25) is 0 Å². The number of thioether (sulfide) groups is 1. The van der Waals surface area contributed by atoms with Crippen LogP contribution in [-0.4, -0.2) is 15.2 Å². The minimum atomic E-state index is 0.0106. The van der Waals surface area contributed by atoms with Gasteiger partial charge in [-0.3, -0.25) is 9.20 Å². The van der Waals surface area contributed by atoms with Crippen molar-refractivity contribution in [1.82, 2.24) is 9.38 Å². The van der Waals surface area contributed by atoms with E-state index >= 15 is 0 Å². The van der Waals surface area contributed by atoms with Gasteiger partial charge in [0.2, 0.25) is 5.78 Å². The van der Waals surface area contributed by atoms with Crippen molar-refractivity contribution in [3.8, 4) is 0 Å². The summed E-state index contributed by atoms with van der Waals surface area (Å²) in [4.78, 5) is 18.8. The zero-order valence-corrected chi connectivity index (χ0v) is 20.3. The molecule has 30 heavy (non-hydrogen) atoms. The molecule has 3 nitrogen and oxygen atoms in total. The van der Waals surface area contributed by atoms with Gasteiger partial charge in [0.25, 0.3) is 0 Å². The highest BCUT2D eigenvalue weighted by molar-refractivity contribution is 9.10. The molecule has 3 aromatic heterocycles. The molecule has 0 saturated heterocycles. The molecule has 0 spiro atoms. The lowest BCUT2D eigenvalue weighted by Gasteiger charge is -2.02. The average molecular weight is 558 g/mol. The highest BCUT2D eigenvalue weighted by atomic mass is 79.9. The fraction of sp³-hybridized carbons (Fsp3) is 0.0435. The van der Waals surface area contributed by atoms with Crippen LogP contribution in [0.4, 0.5) is 0 Å². The normalized spacial score (nSPS) is 11.4. The van der Waals surface area contributed by atoms with Crippen molar-refractivity contribution in [2.75, 3.05) is 0 Å². The molecule has 0 amide bonds. The Kier molecular flexibility index (Phi) is 5.54. The number of hydrogen-bond donors (Lipinski definition) is 0. The summed E-state index contributed by atoms with van der Waals surface area (Å²) in [6, 6.07) is 21.8. The molecule has 2 aromatic carbocycles. The zero-order chi connectivity index (χ0) is 20.7. The van der Waals surface area contributed by atoms with E-state index in [1.165, 1.54) is 16.9 Å². The number of aromatic nitrogens is 2. The molecule has 5 rings (SSSR count). The predicted molar refractivity (Wildman–Crippen MR) is 132 cm³/mol. The molecular formula is C23H14Br2N2OS2. The maximum absolute atomic E-state index is 13.3. The van der Waals surface area contributed by atoms with Crippen LogP contribution < -0.4 is 0 Å². The number of carbonyl (C=O) groups is 1. The SMILES string of the molecule is O=C(c1ccc(Br)cc1)c1sc(SCc2ccc(Br)cc2)c2c1nc1ccccn12.